The predicted octanol–water partition coefficient (Wildman–Crippen LogP) is 5.35. The van der Waals surface area contributed by atoms with Crippen LogP contribution < -0.4 is 15.6 Å². The summed E-state index contributed by atoms with van der Waals surface area (Å²) in [5.74, 6) is -0.784. The van der Waals surface area contributed by atoms with E-state index in [4.69, 9.17) is 0 Å². The van der Waals surface area contributed by atoms with Gasteiger partial charge in [0.05, 0.1) is 8.07 Å². The van der Waals surface area contributed by atoms with Crippen LogP contribution in [0.3, 0.4) is 0 Å². The summed E-state index contributed by atoms with van der Waals surface area (Å²) in [7, 11) is -4.48. The Hall–Kier alpha value is -1.65. The average Bonchev–Trinajstić information content (AvgIpc) is 2.75. The molecule has 0 radical (unpaired) electrons. The molecule has 3 aromatic carbocycles. The van der Waals surface area contributed by atoms with Crippen molar-refractivity contribution in [3.8, 4) is 0 Å². The predicted molar refractivity (Wildman–Crippen MR) is 134 cm³/mol. The highest BCUT2D eigenvalue weighted by Crippen LogP contribution is 2.26. The largest absolute Gasteiger partial charge is 0.207 e. The quantitative estimate of drug-likeness (QED) is 0.153. The van der Waals surface area contributed by atoms with E-state index < -0.39 is 16.1 Å². The van der Waals surface area contributed by atoms with Crippen LogP contribution in [0.2, 0.25) is 18.3 Å². The number of halogens is 4. The van der Waals surface area contributed by atoms with Crippen LogP contribution in [-0.4, -0.2) is 20.2 Å². The maximum absolute atomic E-state index is 13.7. The van der Waals surface area contributed by atoms with E-state index in [1.54, 1.807) is 0 Å². The molecular weight excluding hydrogens is 528 g/mol. The normalized spacial score (nSPS) is 13.6. The molecule has 3 rings (SSSR count). The van der Waals surface area contributed by atoms with Crippen molar-refractivity contribution < 1.29 is 13.2 Å². The first-order chi connectivity index (χ1) is 14.3. The lowest BCUT2D eigenvalue weighted by Crippen LogP contribution is -2.65. The first-order valence-corrected chi connectivity index (χ1v) is 16.6. The van der Waals surface area contributed by atoms with E-state index in [1.807, 2.05) is 42.5 Å². The monoisotopic (exact) mass is 552 g/mol. The Morgan fingerprint density at radius 2 is 1.10 bits per heavy atom. The summed E-state index contributed by atoms with van der Waals surface area (Å²) in [6.45, 7) is 6.35. The minimum atomic E-state index is -2.43. The lowest BCUT2D eigenvalue weighted by molar-refractivity contribution is 0.628. The van der Waals surface area contributed by atoms with Gasteiger partial charge >= 0.3 is 0 Å². The van der Waals surface area contributed by atoms with Gasteiger partial charge in [-0.15, -0.1) is 6.58 Å². The Balaban J connectivity index is 2.20. The van der Waals surface area contributed by atoms with Crippen LogP contribution in [0.25, 0.3) is 0 Å². The number of benzene rings is 3. The lowest BCUT2D eigenvalue weighted by atomic mass is 10.3. The number of rotatable bonds is 8. The van der Waals surface area contributed by atoms with Gasteiger partial charge < -0.3 is 0 Å². The zero-order valence-corrected chi connectivity index (χ0v) is 21.0. The highest BCUT2D eigenvalue weighted by atomic mass is 127. The van der Waals surface area contributed by atoms with Gasteiger partial charge in [0.25, 0.3) is 0 Å². The van der Waals surface area contributed by atoms with Gasteiger partial charge in [-0.3, -0.25) is 0 Å². The molecule has 0 nitrogen and oxygen atoms in total. The van der Waals surface area contributed by atoms with Gasteiger partial charge in [-0.2, -0.15) is 0 Å². The van der Waals surface area contributed by atoms with Crippen LogP contribution in [-0.2, 0) is 0 Å². The molecule has 0 aliphatic carbocycles. The van der Waals surface area contributed by atoms with Crippen LogP contribution in [0.4, 0.5) is 13.2 Å². The zero-order valence-electron chi connectivity index (χ0n) is 16.8. The summed E-state index contributed by atoms with van der Waals surface area (Å²) in [4.78, 5) is 0. The van der Waals surface area contributed by atoms with E-state index in [1.165, 1.54) is 41.6 Å². The Morgan fingerprint density at radius 1 is 0.733 bits per heavy atom. The highest BCUT2D eigenvalue weighted by molar-refractivity contribution is 14.1. The fourth-order valence-corrected chi connectivity index (χ4v) is 20.7. The molecule has 0 aliphatic rings. The SMILES string of the molecule is C=CC[Si](C[Si](C)(CI)c1ccc(F)cc1)(c1ccc(F)cc1)c1ccc(F)cc1. The Labute approximate surface area is 192 Å². The van der Waals surface area contributed by atoms with E-state index in [0.29, 0.717) is 0 Å². The van der Waals surface area contributed by atoms with Crippen molar-refractivity contribution in [1.29, 1.82) is 0 Å². The van der Waals surface area contributed by atoms with Crippen LogP contribution in [0.15, 0.2) is 85.5 Å². The van der Waals surface area contributed by atoms with Crippen LogP contribution in [0.5, 0.6) is 0 Å². The number of alkyl halides is 1. The third-order valence-electron chi connectivity index (χ3n) is 5.81. The molecule has 1 atom stereocenters. The van der Waals surface area contributed by atoms with E-state index in [2.05, 4.69) is 35.7 Å². The Bertz CT molecular complexity index is 943. The second kappa shape index (κ2) is 9.66. The summed E-state index contributed by atoms with van der Waals surface area (Å²) >= 11 is 2.44. The molecule has 30 heavy (non-hydrogen) atoms. The Kier molecular flexibility index (Phi) is 7.41. The van der Waals surface area contributed by atoms with Gasteiger partial charge in [-0.25, -0.2) is 13.2 Å². The summed E-state index contributed by atoms with van der Waals surface area (Å²) in [5.41, 5.74) is 0.942. The molecule has 0 amide bonds. The third-order valence-corrected chi connectivity index (χ3v) is 22.6. The van der Waals surface area contributed by atoms with Crippen LogP contribution in [0, 0.1) is 17.5 Å². The van der Waals surface area contributed by atoms with Crippen molar-refractivity contribution in [2.75, 3.05) is 4.05 Å². The number of hydrogen-bond acceptors (Lipinski definition) is 0. The van der Waals surface area contributed by atoms with E-state index in [0.717, 1.165) is 26.1 Å². The van der Waals surface area contributed by atoms with Crippen molar-refractivity contribution in [2.24, 2.45) is 0 Å². The summed E-state index contributed by atoms with van der Waals surface area (Å²) in [6, 6.07) is 21.2. The molecule has 1 unspecified atom stereocenters. The fourth-order valence-electron chi connectivity index (χ4n) is 4.21. The van der Waals surface area contributed by atoms with E-state index in [9.17, 15) is 13.2 Å². The topological polar surface area (TPSA) is 0 Å². The molecule has 0 bridgehead atoms. The van der Waals surface area contributed by atoms with Gasteiger partial charge in [0.1, 0.15) is 25.5 Å². The fraction of sp³-hybridized carbons (Fsp3) is 0.167. The smallest absolute Gasteiger partial charge is 0.123 e. The minimum Gasteiger partial charge on any atom is -0.207 e. The zero-order chi connectivity index (χ0) is 21.8. The van der Waals surface area contributed by atoms with Crippen molar-refractivity contribution in [1.82, 2.24) is 0 Å². The molecule has 156 valence electrons. The van der Waals surface area contributed by atoms with Crippen molar-refractivity contribution in [2.45, 2.75) is 18.3 Å². The minimum absolute atomic E-state index is 0.241. The van der Waals surface area contributed by atoms with Crippen LogP contribution in [0.1, 0.15) is 0 Å². The van der Waals surface area contributed by atoms with Gasteiger partial charge in [-0.1, -0.05) is 87.2 Å². The molecule has 0 aliphatic heterocycles. The van der Waals surface area contributed by atoms with Crippen molar-refractivity contribution in [3.63, 3.8) is 0 Å². The second-order valence-electron chi connectivity index (χ2n) is 7.97. The van der Waals surface area contributed by atoms with E-state index in [-0.39, 0.29) is 17.5 Å². The molecule has 0 saturated heterocycles. The molecule has 0 heterocycles. The maximum Gasteiger partial charge on any atom is 0.123 e. The van der Waals surface area contributed by atoms with Gasteiger partial charge in [-0.05, 0) is 52.2 Å². The average molecular weight is 553 g/mol. The Morgan fingerprint density at radius 3 is 1.43 bits per heavy atom. The number of hydrogen-bond donors (Lipinski definition) is 0. The highest BCUT2D eigenvalue weighted by Gasteiger charge is 2.44. The van der Waals surface area contributed by atoms with Gasteiger partial charge in [0.2, 0.25) is 0 Å². The molecule has 0 spiro atoms. The van der Waals surface area contributed by atoms with Crippen molar-refractivity contribution in [3.05, 3.63) is 103 Å². The van der Waals surface area contributed by atoms with Crippen LogP contribution >= 0.6 is 22.6 Å². The van der Waals surface area contributed by atoms with Crippen molar-refractivity contribution >= 4 is 54.3 Å². The van der Waals surface area contributed by atoms with Gasteiger partial charge in [0.15, 0.2) is 0 Å². The molecule has 6 heteroatoms. The molecule has 3 aromatic rings. The summed E-state index contributed by atoms with van der Waals surface area (Å²) in [6.07, 6.45) is 1.94. The molecular formula is C24H24F3ISi2. The summed E-state index contributed by atoms with van der Waals surface area (Å²) < 4.78 is 42.0. The molecule has 0 N–H and O–H groups in total. The lowest BCUT2D eigenvalue weighted by Gasteiger charge is -2.39. The molecule has 0 aromatic heterocycles. The maximum atomic E-state index is 13.7. The summed E-state index contributed by atoms with van der Waals surface area (Å²) in [5, 5.41) is 3.42. The first-order valence-electron chi connectivity index (χ1n) is 9.78. The van der Waals surface area contributed by atoms with E-state index >= 15 is 0 Å². The standard InChI is InChI=1S/C24H24F3ISi2/c1-3-16-30(23-12-6-20(26)7-13-23,24-14-8-21(27)9-15-24)18-29(2,17-28)22-10-4-19(25)5-11-22/h3-15H,1,16-18H2,2H3. The third kappa shape index (κ3) is 4.81. The molecule has 0 saturated carbocycles. The second-order valence-corrected chi connectivity index (χ2v) is 19.4. The molecule has 0 fully saturated rings. The van der Waals surface area contributed by atoms with Gasteiger partial charge in [0, 0.05) is 0 Å². The first kappa shape index (κ1) is 23.0. The number of allylic oxidation sites excluding steroid dienone is 1.